The molecule has 2 rings (SSSR count). The molecule has 0 aromatic heterocycles. The summed E-state index contributed by atoms with van der Waals surface area (Å²) in [6.07, 6.45) is 0. The first-order chi connectivity index (χ1) is 8.09. The lowest BCUT2D eigenvalue weighted by molar-refractivity contribution is 0.591. The molecule has 1 atom stereocenters. The van der Waals surface area contributed by atoms with E-state index in [0.29, 0.717) is 30.2 Å². The second-order valence-electron chi connectivity index (χ2n) is 4.30. The average molecular weight is 256 g/mol. The lowest BCUT2D eigenvalue weighted by atomic mass is 10.0. The van der Waals surface area contributed by atoms with Crippen LogP contribution in [-0.2, 0) is 10.8 Å². The topological polar surface area (TPSA) is 46.3 Å². The monoisotopic (exact) mass is 256 g/mol. The highest BCUT2D eigenvalue weighted by Crippen LogP contribution is 2.28. The molecule has 1 heterocycles. The van der Waals surface area contributed by atoms with Crippen LogP contribution in [0, 0.1) is 5.82 Å². The Hall–Kier alpha value is -0.940. The second-order valence-corrected chi connectivity index (χ2v) is 5.99. The van der Waals surface area contributed by atoms with Gasteiger partial charge in [0, 0.05) is 52.7 Å². The Kier molecular flexibility index (Phi) is 3.79. The van der Waals surface area contributed by atoms with E-state index in [2.05, 4.69) is 4.90 Å². The molecule has 0 aliphatic carbocycles. The first-order valence-electron chi connectivity index (χ1n) is 5.73. The van der Waals surface area contributed by atoms with Crippen LogP contribution in [-0.4, -0.2) is 28.8 Å². The van der Waals surface area contributed by atoms with Crippen molar-refractivity contribution in [3.8, 4) is 0 Å². The van der Waals surface area contributed by atoms with Crippen molar-refractivity contribution in [1.29, 1.82) is 0 Å². The van der Waals surface area contributed by atoms with E-state index in [0.717, 1.165) is 5.69 Å². The molecule has 94 valence electrons. The first kappa shape index (κ1) is 12.5. The maximum absolute atomic E-state index is 13.8. The number of nitrogens with zero attached hydrogens (tertiary/aromatic N) is 1. The zero-order valence-electron chi connectivity index (χ0n) is 9.86. The lowest BCUT2D eigenvalue weighted by Crippen LogP contribution is -2.38. The smallest absolute Gasteiger partial charge is 0.130 e. The molecular weight excluding hydrogens is 239 g/mol. The molecule has 17 heavy (non-hydrogen) atoms. The lowest BCUT2D eigenvalue weighted by Gasteiger charge is -2.31. The maximum atomic E-state index is 13.8. The third kappa shape index (κ3) is 2.66. The van der Waals surface area contributed by atoms with Crippen molar-refractivity contribution in [2.24, 2.45) is 5.73 Å². The standard InChI is InChI=1S/C12H17FN2OS/c1-9(14)12-10(13)3-2-4-11(12)15-5-7-17(16)8-6-15/h2-4,9H,5-8,14H2,1H3/t9-/m0/s1. The molecule has 0 bridgehead atoms. The zero-order valence-corrected chi connectivity index (χ0v) is 10.7. The SMILES string of the molecule is C[C@H](N)c1c(F)cccc1N1CCS(=O)CC1. The van der Waals surface area contributed by atoms with Gasteiger partial charge in [-0.1, -0.05) is 6.07 Å². The fourth-order valence-corrected chi connectivity index (χ4v) is 3.18. The highest BCUT2D eigenvalue weighted by Gasteiger charge is 2.21. The van der Waals surface area contributed by atoms with E-state index >= 15 is 0 Å². The molecule has 1 saturated heterocycles. The number of hydrogen-bond donors (Lipinski definition) is 1. The molecule has 0 amide bonds. The molecule has 1 aromatic rings. The van der Waals surface area contributed by atoms with Gasteiger partial charge < -0.3 is 10.6 Å². The van der Waals surface area contributed by atoms with Gasteiger partial charge in [-0.3, -0.25) is 4.21 Å². The second kappa shape index (κ2) is 5.14. The number of rotatable bonds is 2. The highest BCUT2D eigenvalue weighted by molar-refractivity contribution is 7.85. The van der Waals surface area contributed by atoms with E-state index in [4.69, 9.17) is 5.73 Å². The summed E-state index contributed by atoms with van der Waals surface area (Å²) in [5, 5.41) is 0. The minimum atomic E-state index is -0.724. The Bertz CT molecular complexity index is 427. The fraction of sp³-hybridized carbons (Fsp3) is 0.500. The zero-order chi connectivity index (χ0) is 12.4. The summed E-state index contributed by atoms with van der Waals surface area (Å²) in [6.45, 7) is 3.19. The summed E-state index contributed by atoms with van der Waals surface area (Å²) in [7, 11) is -0.724. The maximum Gasteiger partial charge on any atom is 0.130 e. The van der Waals surface area contributed by atoms with Gasteiger partial charge in [0.25, 0.3) is 0 Å². The third-order valence-corrected chi connectivity index (χ3v) is 4.28. The van der Waals surface area contributed by atoms with Crippen LogP contribution in [0.2, 0.25) is 0 Å². The van der Waals surface area contributed by atoms with Gasteiger partial charge in [0.1, 0.15) is 5.82 Å². The van der Waals surface area contributed by atoms with E-state index in [1.807, 2.05) is 6.07 Å². The predicted octanol–water partition coefficient (Wildman–Crippen LogP) is 1.41. The molecule has 5 heteroatoms. The molecule has 0 spiro atoms. The van der Waals surface area contributed by atoms with Gasteiger partial charge in [0.2, 0.25) is 0 Å². The molecule has 0 radical (unpaired) electrons. The van der Waals surface area contributed by atoms with Crippen molar-refractivity contribution >= 4 is 16.5 Å². The largest absolute Gasteiger partial charge is 0.369 e. The van der Waals surface area contributed by atoms with Crippen LogP contribution < -0.4 is 10.6 Å². The average Bonchev–Trinajstić information content (AvgIpc) is 2.29. The normalized spacial score (nSPS) is 19.4. The van der Waals surface area contributed by atoms with Crippen LogP contribution in [0.4, 0.5) is 10.1 Å². The number of anilines is 1. The van der Waals surface area contributed by atoms with Gasteiger partial charge >= 0.3 is 0 Å². The van der Waals surface area contributed by atoms with Crippen LogP contribution in [0.15, 0.2) is 18.2 Å². The van der Waals surface area contributed by atoms with Crippen molar-refractivity contribution in [1.82, 2.24) is 0 Å². The predicted molar refractivity (Wildman–Crippen MR) is 69.1 cm³/mol. The van der Waals surface area contributed by atoms with Crippen molar-refractivity contribution in [2.45, 2.75) is 13.0 Å². The Morgan fingerprint density at radius 1 is 1.41 bits per heavy atom. The van der Waals surface area contributed by atoms with Gasteiger partial charge in [0.05, 0.1) is 0 Å². The van der Waals surface area contributed by atoms with Crippen LogP contribution in [0.1, 0.15) is 18.5 Å². The fourth-order valence-electron chi connectivity index (χ4n) is 2.13. The highest BCUT2D eigenvalue weighted by atomic mass is 32.2. The number of nitrogens with two attached hydrogens (primary N) is 1. The Balaban J connectivity index is 2.31. The molecule has 1 aliphatic rings. The third-order valence-electron chi connectivity index (χ3n) is 3.00. The Labute approximate surface area is 103 Å². The molecule has 1 aromatic carbocycles. The van der Waals surface area contributed by atoms with Crippen molar-refractivity contribution in [3.63, 3.8) is 0 Å². The number of benzene rings is 1. The van der Waals surface area contributed by atoms with E-state index in [9.17, 15) is 8.60 Å². The van der Waals surface area contributed by atoms with E-state index in [1.54, 1.807) is 13.0 Å². The van der Waals surface area contributed by atoms with E-state index < -0.39 is 10.8 Å². The van der Waals surface area contributed by atoms with Crippen molar-refractivity contribution in [3.05, 3.63) is 29.6 Å². The van der Waals surface area contributed by atoms with Gasteiger partial charge in [-0.2, -0.15) is 0 Å². The first-order valence-corrected chi connectivity index (χ1v) is 7.22. The number of hydrogen-bond acceptors (Lipinski definition) is 3. The van der Waals surface area contributed by atoms with Crippen LogP contribution in [0.5, 0.6) is 0 Å². The van der Waals surface area contributed by atoms with Gasteiger partial charge in [-0.25, -0.2) is 4.39 Å². The van der Waals surface area contributed by atoms with Crippen LogP contribution in [0.25, 0.3) is 0 Å². The Morgan fingerprint density at radius 3 is 2.65 bits per heavy atom. The summed E-state index contributed by atoms with van der Waals surface area (Å²) in [5.41, 5.74) is 7.22. The minimum absolute atomic E-state index is 0.260. The van der Waals surface area contributed by atoms with E-state index in [-0.39, 0.29) is 11.9 Å². The van der Waals surface area contributed by atoms with Gasteiger partial charge in [0.15, 0.2) is 0 Å². The molecule has 0 unspecified atom stereocenters. The molecule has 3 nitrogen and oxygen atoms in total. The summed E-state index contributed by atoms with van der Waals surface area (Å²) in [5.74, 6) is 1.04. The van der Waals surface area contributed by atoms with Gasteiger partial charge in [-0.05, 0) is 19.1 Å². The molecular formula is C12H17FN2OS. The quantitative estimate of drug-likeness (QED) is 0.870. The van der Waals surface area contributed by atoms with Crippen LogP contribution >= 0.6 is 0 Å². The van der Waals surface area contributed by atoms with Crippen molar-refractivity contribution in [2.75, 3.05) is 29.5 Å². The summed E-state index contributed by atoms with van der Waals surface area (Å²) >= 11 is 0. The summed E-state index contributed by atoms with van der Waals surface area (Å²) in [4.78, 5) is 2.07. The summed E-state index contributed by atoms with van der Waals surface area (Å²) < 4.78 is 25.1. The molecule has 1 fully saturated rings. The van der Waals surface area contributed by atoms with E-state index in [1.165, 1.54) is 6.07 Å². The van der Waals surface area contributed by atoms with Crippen molar-refractivity contribution < 1.29 is 8.60 Å². The Morgan fingerprint density at radius 2 is 2.06 bits per heavy atom. The summed E-state index contributed by atoms with van der Waals surface area (Å²) in [6, 6.07) is 4.68. The number of halogens is 1. The molecule has 1 aliphatic heterocycles. The minimum Gasteiger partial charge on any atom is -0.369 e. The molecule has 2 N–H and O–H groups in total. The van der Waals surface area contributed by atoms with Crippen LogP contribution in [0.3, 0.4) is 0 Å². The molecule has 0 saturated carbocycles. The van der Waals surface area contributed by atoms with Gasteiger partial charge in [-0.15, -0.1) is 0 Å².